The summed E-state index contributed by atoms with van der Waals surface area (Å²) in [6.07, 6.45) is 9.47. The largest absolute Gasteiger partial charge is 0.468 e. The highest BCUT2D eigenvalue weighted by Gasteiger charge is 2.34. The number of methoxy groups -OCH3 is 1. The summed E-state index contributed by atoms with van der Waals surface area (Å²) in [5.74, 6) is -0.165. The number of thiazole rings is 1. The maximum absolute atomic E-state index is 13.3. The fraction of sp³-hybridized carbons (Fsp3) is 0.650. The smallest absolute Gasteiger partial charge is 0.323 e. The molecule has 0 bridgehead atoms. The lowest BCUT2D eigenvalue weighted by Gasteiger charge is -2.25. The van der Waals surface area contributed by atoms with E-state index in [2.05, 4.69) is 9.88 Å². The van der Waals surface area contributed by atoms with Crippen molar-refractivity contribution in [1.82, 2.24) is 19.2 Å². The molecule has 0 spiro atoms. The normalized spacial score (nSPS) is 21.6. The van der Waals surface area contributed by atoms with Crippen LogP contribution in [0, 0.1) is 0 Å². The maximum Gasteiger partial charge on any atom is 0.323 e. The molecule has 2 aliphatic rings. The lowest BCUT2D eigenvalue weighted by Crippen LogP contribution is -2.38. The number of esters is 1. The first-order valence-electron chi connectivity index (χ1n) is 10.2. The van der Waals surface area contributed by atoms with Crippen molar-refractivity contribution in [3.05, 3.63) is 23.0 Å². The SMILES string of the molecule is COC(=O)[C@@H]1CCCN1Cc1c(C(=O)N2CCCCCCC2)nc2sccn12. The minimum Gasteiger partial charge on any atom is -0.468 e. The van der Waals surface area contributed by atoms with E-state index in [4.69, 9.17) is 4.74 Å². The highest BCUT2D eigenvalue weighted by Crippen LogP contribution is 2.26. The second-order valence-corrected chi connectivity index (χ2v) is 8.55. The number of carbonyl (C=O) groups excluding carboxylic acids is 2. The van der Waals surface area contributed by atoms with Crippen molar-refractivity contribution in [3.8, 4) is 0 Å². The van der Waals surface area contributed by atoms with Gasteiger partial charge in [0.1, 0.15) is 6.04 Å². The molecule has 0 aromatic carbocycles. The molecule has 4 rings (SSSR count). The van der Waals surface area contributed by atoms with Crippen LogP contribution in [0.5, 0.6) is 0 Å². The Morgan fingerprint density at radius 2 is 1.89 bits per heavy atom. The summed E-state index contributed by atoms with van der Waals surface area (Å²) >= 11 is 1.53. The Kier molecular flexibility index (Phi) is 5.96. The van der Waals surface area contributed by atoms with Crippen LogP contribution in [0.1, 0.15) is 61.1 Å². The van der Waals surface area contributed by atoms with Gasteiger partial charge in [-0.25, -0.2) is 4.98 Å². The number of amides is 1. The molecule has 1 amide bonds. The van der Waals surface area contributed by atoms with Crippen LogP contribution in [-0.2, 0) is 16.1 Å². The first-order chi connectivity index (χ1) is 13.7. The maximum atomic E-state index is 13.3. The number of imidazole rings is 1. The summed E-state index contributed by atoms with van der Waals surface area (Å²) in [7, 11) is 1.44. The van der Waals surface area contributed by atoms with Gasteiger partial charge in [0.2, 0.25) is 0 Å². The lowest BCUT2D eigenvalue weighted by molar-refractivity contribution is -0.146. The summed E-state index contributed by atoms with van der Waals surface area (Å²) in [4.78, 5) is 35.1. The van der Waals surface area contributed by atoms with E-state index in [9.17, 15) is 9.59 Å². The molecule has 4 heterocycles. The molecule has 28 heavy (non-hydrogen) atoms. The molecule has 2 aliphatic heterocycles. The van der Waals surface area contributed by atoms with Crippen molar-refractivity contribution >= 4 is 28.2 Å². The Bertz CT molecular complexity index is 838. The molecule has 0 N–H and O–H groups in total. The molecule has 2 saturated heterocycles. The van der Waals surface area contributed by atoms with Crippen LogP contribution in [0.4, 0.5) is 0 Å². The Balaban J connectivity index is 1.61. The van der Waals surface area contributed by atoms with Crippen LogP contribution < -0.4 is 0 Å². The van der Waals surface area contributed by atoms with Crippen molar-refractivity contribution in [2.75, 3.05) is 26.7 Å². The zero-order chi connectivity index (χ0) is 19.5. The van der Waals surface area contributed by atoms with E-state index in [0.29, 0.717) is 12.2 Å². The molecule has 1 atom stereocenters. The van der Waals surface area contributed by atoms with Crippen LogP contribution in [0.25, 0.3) is 4.96 Å². The van der Waals surface area contributed by atoms with Gasteiger partial charge in [-0.1, -0.05) is 19.3 Å². The first kappa shape index (κ1) is 19.4. The Hall–Kier alpha value is -1.93. The van der Waals surface area contributed by atoms with Crippen molar-refractivity contribution in [2.45, 2.75) is 57.5 Å². The highest BCUT2D eigenvalue weighted by molar-refractivity contribution is 7.15. The van der Waals surface area contributed by atoms with Crippen molar-refractivity contribution in [3.63, 3.8) is 0 Å². The Labute approximate surface area is 169 Å². The minimum absolute atomic E-state index is 0.0293. The molecule has 0 saturated carbocycles. The second kappa shape index (κ2) is 8.61. The quantitative estimate of drug-likeness (QED) is 0.733. The number of carbonyl (C=O) groups is 2. The summed E-state index contributed by atoms with van der Waals surface area (Å²) in [5, 5.41) is 1.98. The molecular formula is C20H28N4O3S. The van der Waals surface area contributed by atoms with Crippen molar-refractivity contribution in [1.29, 1.82) is 0 Å². The van der Waals surface area contributed by atoms with E-state index in [1.54, 1.807) is 0 Å². The van der Waals surface area contributed by atoms with Crippen LogP contribution in [0.3, 0.4) is 0 Å². The van der Waals surface area contributed by atoms with E-state index < -0.39 is 0 Å². The van der Waals surface area contributed by atoms with Crippen LogP contribution in [0.2, 0.25) is 0 Å². The summed E-state index contributed by atoms with van der Waals surface area (Å²) in [6, 6.07) is -0.237. The molecule has 2 aromatic heterocycles. The molecule has 2 aromatic rings. The molecule has 0 aliphatic carbocycles. The number of aromatic nitrogens is 2. The van der Waals surface area contributed by atoms with Crippen LogP contribution in [-0.4, -0.2) is 63.8 Å². The van der Waals surface area contributed by atoms with E-state index >= 15 is 0 Å². The number of hydrogen-bond acceptors (Lipinski definition) is 6. The third kappa shape index (κ3) is 3.80. The lowest BCUT2D eigenvalue weighted by atomic mass is 10.1. The average Bonchev–Trinajstić information content (AvgIpc) is 3.38. The van der Waals surface area contributed by atoms with Gasteiger partial charge in [-0.2, -0.15) is 0 Å². The van der Waals surface area contributed by atoms with Gasteiger partial charge in [0.25, 0.3) is 5.91 Å². The molecule has 0 unspecified atom stereocenters. The van der Waals surface area contributed by atoms with E-state index in [-0.39, 0.29) is 17.9 Å². The summed E-state index contributed by atoms with van der Waals surface area (Å²) in [6.45, 7) is 2.97. The number of fused-ring (bicyclic) bond motifs is 1. The molecule has 7 nitrogen and oxygen atoms in total. The number of rotatable bonds is 4. The van der Waals surface area contributed by atoms with Gasteiger partial charge in [-0.05, 0) is 32.2 Å². The Morgan fingerprint density at radius 3 is 2.64 bits per heavy atom. The fourth-order valence-corrected chi connectivity index (χ4v) is 5.10. The van der Waals surface area contributed by atoms with E-state index in [1.807, 2.05) is 20.9 Å². The topological polar surface area (TPSA) is 67.2 Å². The summed E-state index contributed by atoms with van der Waals surface area (Å²) < 4.78 is 6.99. The molecule has 2 fully saturated rings. The van der Waals surface area contributed by atoms with Gasteiger partial charge >= 0.3 is 5.97 Å². The highest BCUT2D eigenvalue weighted by atomic mass is 32.1. The van der Waals surface area contributed by atoms with Gasteiger partial charge in [0.15, 0.2) is 10.7 Å². The summed E-state index contributed by atoms with van der Waals surface area (Å²) in [5.41, 5.74) is 1.43. The van der Waals surface area contributed by atoms with E-state index in [1.165, 1.54) is 37.7 Å². The monoisotopic (exact) mass is 404 g/mol. The fourth-order valence-electron chi connectivity index (χ4n) is 4.37. The van der Waals surface area contributed by atoms with Crippen LogP contribution in [0.15, 0.2) is 11.6 Å². The molecule has 8 heteroatoms. The van der Waals surface area contributed by atoms with Crippen molar-refractivity contribution < 1.29 is 14.3 Å². The minimum atomic E-state index is -0.237. The van der Waals surface area contributed by atoms with Gasteiger partial charge in [0.05, 0.1) is 12.8 Å². The number of hydrogen-bond donors (Lipinski definition) is 0. The van der Waals surface area contributed by atoms with Gasteiger partial charge in [-0.15, -0.1) is 11.3 Å². The van der Waals surface area contributed by atoms with Gasteiger partial charge in [-0.3, -0.25) is 18.9 Å². The molecular weight excluding hydrogens is 376 g/mol. The number of ether oxygens (including phenoxy) is 1. The number of likely N-dealkylation sites (tertiary alicyclic amines) is 2. The van der Waals surface area contributed by atoms with E-state index in [0.717, 1.165) is 56.0 Å². The third-order valence-electron chi connectivity index (χ3n) is 5.90. The third-order valence-corrected chi connectivity index (χ3v) is 6.65. The Morgan fingerprint density at radius 1 is 1.14 bits per heavy atom. The molecule has 152 valence electrons. The zero-order valence-corrected chi connectivity index (χ0v) is 17.2. The average molecular weight is 405 g/mol. The predicted octanol–water partition coefficient (Wildman–Crippen LogP) is 2.94. The standard InChI is InChI=1S/C20H28N4O3S/c1-27-19(26)15-8-7-11-23(15)14-16-17(21-20-24(16)12-13-28-20)18(25)22-9-5-3-2-4-6-10-22/h12-13,15H,2-11,14H2,1H3/t15-/m0/s1. The van der Waals surface area contributed by atoms with Crippen LogP contribution >= 0.6 is 11.3 Å². The molecule has 0 radical (unpaired) electrons. The predicted molar refractivity (Wildman–Crippen MR) is 108 cm³/mol. The second-order valence-electron chi connectivity index (χ2n) is 7.67. The van der Waals surface area contributed by atoms with Crippen molar-refractivity contribution in [2.24, 2.45) is 0 Å². The van der Waals surface area contributed by atoms with Gasteiger partial charge < -0.3 is 9.64 Å². The number of nitrogens with zero attached hydrogens (tertiary/aromatic N) is 4. The first-order valence-corrected chi connectivity index (χ1v) is 11.1. The van der Waals surface area contributed by atoms with Gasteiger partial charge in [0, 0.05) is 31.2 Å². The zero-order valence-electron chi connectivity index (χ0n) is 16.4.